The second kappa shape index (κ2) is 9.05. The number of hydrogen-bond donors (Lipinski definition) is 2. The molecule has 0 saturated carbocycles. The van der Waals surface area contributed by atoms with Crippen LogP contribution in [-0.4, -0.2) is 16.0 Å². The molecule has 0 aliphatic rings. The number of benzene rings is 2. The number of nitrogens with zero attached hydrogens (tertiary/aromatic N) is 2. The Kier molecular flexibility index (Phi) is 6.61. The summed E-state index contributed by atoms with van der Waals surface area (Å²) in [5.74, 6) is 0.193. The Balaban J connectivity index is 2.07. The van der Waals surface area contributed by atoms with Gasteiger partial charge in [0, 0.05) is 17.7 Å². The quantitative estimate of drug-likeness (QED) is 0.389. The molecule has 0 aliphatic heterocycles. The van der Waals surface area contributed by atoms with Gasteiger partial charge >= 0.3 is 12.4 Å². The van der Waals surface area contributed by atoms with Crippen LogP contribution in [0.3, 0.4) is 0 Å². The predicted molar refractivity (Wildman–Crippen MR) is 111 cm³/mol. The summed E-state index contributed by atoms with van der Waals surface area (Å²) >= 11 is 0. The Morgan fingerprint density at radius 3 is 2.16 bits per heavy atom. The van der Waals surface area contributed by atoms with Gasteiger partial charge in [0.15, 0.2) is 0 Å². The highest BCUT2D eigenvalue weighted by molar-refractivity contribution is 5.69. The summed E-state index contributed by atoms with van der Waals surface area (Å²) in [4.78, 5) is 8.63. The molecule has 2 N–H and O–H groups in total. The van der Waals surface area contributed by atoms with Crippen LogP contribution in [0.2, 0.25) is 0 Å². The maximum absolute atomic E-state index is 13.5. The SMILES string of the molecule is CC[C@H](C)Nc1nc(Nc2ccc(C(F)(F)F)cc2C(F)(F)F)cc(-c2ccccc2)n1. The first kappa shape index (κ1) is 23.4. The molecule has 10 heteroatoms. The van der Waals surface area contributed by atoms with Gasteiger partial charge in [-0.1, -0.05) is 37.3 Å². The van der Waals surface area contributed by atoms with Gasteiger partial charge in [0.1, 0.15) is 5.82 Å². The van der Waals surface area contributed by atoms with Crippen molar-refractivity contribution in [2.24, 2.45) is 0 Å². The molecule has 1 heterocycles. The van der Waals surface area contributed by atoms with Gasteiger partial charge in [-0.3, -0.25) is 0 Å². The molecule has 0 saturated heterocycles. The number of anilines is 3. The van der Waals surface area contributed by atoms with Crippen LogP contribution in [0, 0.1) is 0 Å². The van der Waals surface area contributed by atoms with Crippen LogP contribution in [0.5, 0.6) is 0 Å². The van der Waals surface area contributed by atoms with Gasteiger partial charge in [0.25, 0.3) is 0 Å². The second-order valence-corrected chi connectivity index (χ2v) is 7.16. The molecule has 1 aromatic heterocycles. The van der Waals surface area contributed by atoms with Crippen LogP contribution in [0.1, 0.15) is 31.4 Å². The zero-order valence-electron chi connectivity index (χ0n) is 17.1. The van der Waals surface area contributed by atoms with Gasteiger partial charge in [-0.2, -0.15) is 31.3 Å². The lowest BCUT2D eigenvalue weighted by Gasteiger charge is -2.18. The van der Waals surface area contributed by atoms with E-state index in [9.17, 15) is 26.3 Å². The molecule has 0 fully saturated rings. The fourth-order valence-electron chi connectivity index (χ4n) is 2.86. The van der Waals surface area contributed by atoms with E-state index in [1.807, 2.05) is 13.8 Å². The Labute approximate surface area is 180 Å². The lowest BCUT2D eigenvalue weighted by Crippen LogP contribution is -2.17. The lowest BCUT2D eigenvalue weighted by atomic mass is 10.1. The molecule has 0 spiro atoms. The normalized spacial score (nSPS) is 13.0. The Hall–Kier alpha value is -3.30. The molecule has 0 amide bonds. The van der Waals surface area contributed by atoms with Gasteiger partial charge in [-0.15, -0.1) is 0 Å². The van der Waals surface area contributed by atoms with Crippen molar-refractivity contribution < 1.29 is 26.3 Å². The summed E-state index contributed by atoms with van der Waals surface area (Å²) in [7, 11) is 0. The van der Waals surface area contributed by atoms with Crippen LogP contribution in [0.4, 0.5) is 43.8 Å². The summed E-state index contributed by atoms with van der Waals surface area (Å²) in [5, 5.41) is 5.59. The highest BCUT2D eigenvalue weighted by Gasteiger charge is 2.38. The van der Waals surface area contributed by atoms with Crippen molar-refractivity contribution in [3.05, 3.63) is 65.7 Å². The van der Waals surface area contributed by atoms with E-state index in [0.717, 1.165) is 12.5 Å². The Morgan fingerprint density at radius 2 is 1.56 bits per heavy atom. The highest BCUT2D eigenvalue weighted by atomic mass is 19.4. The van der Waals surface area contributed by atoms with Crippen molar-refractivity contribution in [3.8, 4) is 11.3 Å². The molecule has 1 atom stereocenters. The third kappa shape index (κ3) is 5.68. The Bertz CT molecular complexity index is 1060. The van der Waals surface area contributed by atoms with E-state index in [0.29, 0.717) is 17.3 Å². The third-order valence-electron chi connectivity index (χ3n) is 4.70. The van der Waals surface area contributed by atoms with Gasteiger partial charge in [-0.25, -0.2) is 4.98 Å². The minimum atomic E-state index is -5.00. The molecule has 0 bridgehead atoms. The summed E-state index contributed by atoms with van der Waals surface area (Å²) in [6.45, 7) is 3.83. The summed E-state index contributed by atoms with van der Waals surface area (Å²) in [6.07, 6.45) is -9.16. The topological polar surface area (TPSA) is 49.8 Å². The minimum Gasteiger partial charge on any atom is -0.352 e. The van der Waals surface area contributed by atoms with E-state index < -0.39 is 29.2 Å². The number of nitrogens with one attached hydrogen (secondary N) is 2. The molecule has 3 rings (SSSR count). The third-order valence-corrected chi connectivity index (χ3v) is 4.70. The van der Waals surface area contributed by atoms with E-state index in [-0.39, 0.29) is 23.9 Å². The minimum absolute atomic E-state index is 0.00863. The first-order valence-corrected chi connectivity index (χ1v) is 9.74. The molecule has 2 aromatic carbocycles. The molecule has 3 aromatic rings. The van der Waals surface area contributed by atoms with E-state index in [1.54, 1.807) is 30.3 Å². The van der Waals surface area contributed by atoms with Crippen LogP contribution < -0.4 is 10.6 Å². The number of aromatic nitrogens is 2. The smallest absolute Gasteiger partial charge is 0.352 e. The summed E-state index contributed by atoms with van der Waals surface area (Å²) in [6, 6.07) is 11.8. The molecule has 0 radical (unpaired) electrons. The highest BCUT2D eigenvalue weighted by Crippen LogP contribution is 2.40. The van der Waals surface area contributed by atoms with Gasteiger partial charge in [0.2, 0.25) is 5.95 Å². The average molecular weight is 454 g/mol. The monoisotopic (exact) mass is 454 g/mol. The van der Waals surface area contributed by atoms with Crippen molar-refractivity contribution in [1.29, 1.82) is 0 Å². The molecule has 0 unspecified atom stereocenters. The van der Waals surface area contributed by atoms with Crippen molar-refractivity contribution >= 4 is 17.5 Å². The van der Waals surface area contributed by atoms with Gasteiger partial charge in [-0.05, 0) is 31.5 Å². The largest absolute Gasteiger partial charge is 0.418 e. The molecule has 0 aliphatic carbocycles. The lowest BCUT2D eigenvalue weighted by molar-refractivity contribution is -0.142. The molecular weight excluding hydrogens is 434 g/mol. The first-order valence-electron chi connectivity index (χ1n) is 9.74. The van der Waals surface area contributed by atoms with Crippen molar-refractivity contribution in [3.63, 3.8) is 0 Å². The summed E-state index contributed by atoms with van der Waals surface area (Å²) in [5.41, 5.74) is -2.23. The standard InChI is InChI=1S/C22H20F6N4/c1-3-13(2)29-20-31-18(14-7-5-4-6-8-14)12-19(32-20)30-17-10-9-15(21(23,24)25)11-16(17)22(26,27)28/h4-13H,3H2,1-2H3,(H2,29,30,31,32)/t13-/m0/s1. The van der Waals surface area contributed by atoms with Crippen LogP contribution >= 0.6 is 0 Å². The molecule has 32 heavy (non-hydrogen) atoms. The fraction of sp³-hybridized carbons (Fsp3) is 0.273. The number of halogens is 6. The van der Waals surface area contributed by atoms with Crippen LogP contribution in [0.15, 0.2) is 54.6 Å². The van der Waals surface area contributed by atoms with Crippen molar-refractivity contribution in [2.45, 2.75) is 38.7 Å². The number of alkyl halides is 6. The number of hydrogen-bond acceptors (Lipinski definition) is 4. The predicted octanol–water partition coefficient (Wildman–Crippen LogP) is 7.14. The second-order valence-electron chi connectivity index (χ2n) is 7.16. The maximum atomic E-state index is 13.5. The number of rotatable bonds is 6. The first-order chi connectivity index (χ1) is 15.0. The zero-order valence-corrected chi connectivity index (χ0v) is 17.1. The van der Waals surface area contributed by atoms with E-state index >= 15 is 0 Å². The molecule has 170 valence electrons. The van der Waals surface area contributed by atoms with Crippen molar-refractivity contribution in [1.82, 2.24) is 9.97 Å². The van der Waals surface area contributed by atoms with Gasteiger partial charge < -0.3 is 10.6 Å². The van der Waals surface area contributed by atoms with Crippen molar-refractivity contribution in [2.75, 3.05) is 10.6 Å². The molecular formula is C22H20F6N4. The average Bonchev–Trinajstić information content (AvgIpc) is 2.73. The summed E-state index contributed by atoms with van der Waals surface area (Å²) < 4.78 is 79.4. The van der Waals surface area contributed by atoms with Crippen LogP contribution in [0.25, 0.3) is 11.3 Å². The molecule has 4 nitrogen and oxygen atoms in total. The zero-order chi connectivity index (χ0) is 23.5. The Morgan fingerprint density at radius 1 is 0.875 bits per heavy atom. The van der Waals surface area contributed by atoms with E-state index in [1.165, 1.54) is 6.07 Å². The van der Waals surface area contributed by atoms with Gasteiger partial charge in [0.05, 0.1) is 22.5 Å². The maximum Gasteiger partial charge on any atom is 0.418 e. The van der Waals surface area contributed by atoms with Crippen LogP contribution in [-0.2, 0) is 12.4 Å². The van der Waals surface area contributed by atoms with E-state index in [4.69, 9.17) is 0 Å². The fourth-order valence-corrected chi connectivity index (χ4v) is 2.86. The van der Waals surface area contributed by atoms with E-state index in [2.05, 4.69) is 20.6 Å².